The van der Waals surface area contributed by atoms with Crippen molar-refractivity contribution in [1.29, 1.82) is 0 Å². The lowest BCUT2D eigenvalue weighted by Crippen LogP contribution is -2.35. The Morgan fingerprint density at radius 3 is 2.80 bits per heavy atom. The average Bonchev–Trinajstić information content (AvgIpc) is 3.03. The Morgan fingerprint density at radius 2 is 2.00 bits per heavy atom. The molecule has 1 unspecified atom stereocenters. The second-order valence-corrected chi connectivity index (χ2v) is 6.52. The fourth-order valence-electron chi connectivity index (χ4n) is 3.42. The molecular weight excluding hydrogens is 314 g/mol. The molecule has 3 aromatic rings. The van der Waals surface area contributed by atoms with E-state index in [1.54, 1.807) is 6.92 Å². The Balaban J connectivity index is 1.73. The van der Waals surface area contributed by atoms with Crippen molar-refractivity contribution in [1.82, 2.24) is 14.3 Å². The Bertz CT molecular complexity index is 866. The summed E-state index contributed by atoms with van der Waals surface area (Å²) >= 11 is 0. The molecule has 25 heavy (non-hydrogen) atoms. The van der Waals surface area contributed by atoms with Crippen molar-refractivity contribution in [3.63, 3.8) is 0 Å². The smallest absolute Gasteiger partial charge is 0.0877 e. The van der Waals surface area contributed by atoms with Gasteiger partial charge in [0, 0.05) is 36.9 Å². The normalized spacial score (nSPS) is 17.0. The number of fused-ring (bicyclic) bond motifs is 1. The van der Waals surface area contributed by atoms with Crippen LogP contribution in [0.5, 0.6) is 0 Å². The lowest BCUT2D eigenvalue weighted by molar-refractivity contribution is 0.0336. The van der Waals surface area contributed by atoms with Crippen LogP contribution in [-0.4, -0.2) is 45.7 Å². The third-order valence-corrected chi connectivity index (χ3v) is 4.70. The lowest BCUT2D eigenvalue weighted by Gasteiger charge is -2.26. The maximum Gasteiger partial charge on any atom is 0.0877 e. The van der Waals surface area contributed by atoms with Crippen LogP contribution in [0.2, 0.25) is 0 Å². The Morgan fingerprint density at radius 1 is 1.16 bits per heavy atom. The molecule has 3 aromatic heterocycles. The first kappa shape index (κ1) is 16.3. The molecule has 0 saturated carbocycles. The zero-order chi connectivity index (χ0) is 17.2. The van der Waals surface area contributed by atoms with E-state index in [0.29, 0.717) is 0 Å². The van der Waals surface area contributed by atoms with Crippen molar-refractivity contribution >= 4 is 5.52 Å². The van der Waals surface area contributed by atoms with Gasteiger partial charge in [0.05, 0.1) is 36.4 Å². The van der Waals surface area contributed by atoms with Gasteiger partial charge in [0.1, 0.15) is 0 Å². The largest absolute Gasteiger partial charge is 0.389 e. The molecule has 0 radical (unpaired) electrons. The van der Waals surface area contributed by atoms with E-state index in [1.807, 2.05) is 42.6 Å². The van der Waals surface area contributed by atoms with E-state index in [0.717, 1.165) is 61.0 Å². The molecule has 1 saturated heterocycles. The molecule has 1 atom stereocenters. The summed E-state index contributed by atoms with van der Waals surface area (Å²) in [5, 5.41) is 10.2. The maximum atomic E-state index is 10.2. The first-order valence-electron chi connectivity index (χ1n) is 8.77. The maximum absolute atomic E-state index is 10.2. The lowest BCUT2D eigenvalue weighted by atomic mass is 10.1. The predicted octanol–water partition coefficient (Wildman–Crippen LogP) is 2.89. The molecule has 5 nitrogen and oxygen atoms in total. The molecule has 4 rings (SSSR count). The first-order valence-corrected chi connectivity index (χ1v) is 8.77. The van der Waals surface area contributed by atoms with E-state index in [2.05, 4.69) is 15.4 Å². The van der Waals surface area contributed by atoms with Crippen LogP contribution in [0.3, 0.4) is 0 Å². The van der Waals surface area contributed by atoms with E-state index < -0.39 is 6.10 Å². The van der Waals surface area contributed by atoms with Crippen LogP contribution in [0.25, 0.3) is 16.9 Å². The van der Waals surface area contributed by atoms with Crippen molar-refractivity contribution in [3.8, 4) is 11.4 Å². The third-order valence-electron chi connectivity index (χ3n) is 4.70. The second kappa shape index (κ2) is 6.96. The monoisotopic (exact) mass is 337 g/mol. The molecule has 0 spiro atoms. The molecule has 0 amide bonds. The highest BCUT2D eigenvalue weighted by Gasteiger charge is 2.18. The number of hydrogen-bond acceptors (Lipinski definition) is 4. The Kier molecular flexibility index (Phi) is 4.53. The summed E-state index contributed by atoms with van der Waals surface area (Å²) in [5.41, 5.74) is 4.88. The van der Waals surface area contributed by atoms with E-state index in [-0.39, 0.29) is 0 Å². The van der Waals surface area contributed by atoms with Gasteiger partial charge in [-0.25, -0.2) is 4.98 Å². The molecule has 130 valence electrons. The Labute approximate surface area is 147 Å². The minimum atomic E-state index is -0.542. The summed E-state index contributed by atoms with van der Waals surface area (Å²) in [5.74, 6) is 0. The van der Waals surface area contributed by atoms with Gasteiger partial charge >= 0.3 is 0 Å². The molecule has 4 heterocycles. The van der Waals surface area contributed by atoms with Crippen molar-refractivity contribution in [2.24, 2.45) is 0 Å². The minimum Gasteiger partial charge on any atom is -0.389 e. The number of aromatic nitrogens is 2. The highest BCUT2D eigenvalue weighted by Crippen LogP contribution is 2.30. The zero-order valence-electron chi connectivity index (χ0n) is 14.4. The molecule has 0 bridgehead atoms. The van der Waals surface area contributed by atoms with Crippen molar-refractivity contribution in [2.75, 3.05) is 26.3 Å². The summed E-state index contributed by atoms with van der Waals surface area (Å²) < 4.78 is 7.52. The number of rotatable bonds is 4. The quantitative estimate of drug-likeness (QED) is 0.795. The zero-order valence-corrected chi connectivity index (χ0v) is 14.4. The molecule has 1 aliphatic heterocycles. The molecular formula is C20H23N3O2. The number of aliphatic hydroxyl groups excluding tert-OH is 1. The van der Waals surface area contributed by atoms with Gasteiger partial charge in [0.25, 0.3) is 0 Å². The number of ether oxygens (including phenoxy) is 1. The molecule has 1 N–H and O–H groups in total. The number of pyridine rings is 2. The highest BCUT2D eigenvalue weighted by atomic mass is 16.5. The number of nitrogens with zero attached hydrogens (tertiary/aromatic N) is 3. The topological polar surface area (TPSA) is 50.0 Å². The summed E-state index contributed by atoms with van der Waals surface area (Å²) in [4.78, 5) is 7.25. The van der Waals surface area contributed by atoms with Crippen LogP contribution in [0.1, 0.15) is 24.3 Å². The van der Waals surface area contributed by atoms with Gasteiger partial charge in [-0.15, -0.1) is 0 Å². The predicted molar refractivity (Wildman–Crippen MR) is 97.4 cm³/mol. The van der Waals surface area contributed by atoms with Gasteiger partial charge in [-0.05, 0) is 37.3 Å². The van der Waals surface area contributed by atoms with Crippen LogP contribution >= 0.6 is 0 Å². The van der Waals surface area contributed by atoms with E-state index in [1.165, 1.54) is 0 Å². The number of morpholine rings is 1. The summed E-state index contributed by atoms with van der Waals surface area (Å²) in [6.45, 7) is 6.09. The minimum absolute atomic E-state index is 0.542. The molecule has 1 fully saturated rings. The second-order valence-electron chi connectivity index (χ2n) is 6.52. The molecule has 1 aliphatic rings. The SMILES string of the molecule is CC(O)c1cc2ccccn2c1-c1cccc(CN2CCOCC2)n1. The molecule has 0 aromatic carbocycles. The van der Waals surface area contributed by atoms with Gasteiger partial charge < -0.3 is 14.2 Å². The van der Waals surface area contributed by atoms with Crippen LogP contribution in [0.15, 0.2) is 48.7 Å². The van der Waals surface area contributed by atoms with Crippen LogP contribution in [0.4, 0.5) is 0 Å². The van der Waals surface area contributed by atoms with Gasteiger partial charge in [-0.1, -0.05) is 12.1 Å². The van der Waals surface area contributed by atoms with E-state index in [4.69, 9.17) is 9.72 Å². The van der Waals surface area contributed by atoms with Gasteiger partial charge in [0.15, 0.2) is 0 Å². The van der Waals surface area contributed by atoms with Gasteiger partial charge in [0.2, 0.25) is 0 Å². The average molecular weight is 337 g/mol. The Hall–Kier alpha value is -2.21. The van der Waals surface area contributed by atoms with E-state index >= 15 is 0 Å². The number of aliphatic hydroxyl groups is 1. The first-order chi connectivity index (χ1) is 12.2. The summed E-state index contributed by atoms with van der Waals surface area (Å²) in [6, 6.07) is 14.2. The molecule has 5 heteroatoms. The fraction of sp³-hybridized carbons (Fsp3) is 0.350. The highest BCUT2D eigenvalue weighted by molar-refractivity contribution is 5.70. The summed E-state index contributed by atoms with van der Waals surface area (Å²) in [6.07, 6.45) is 1.48. The van der Waals surface area contributed by atoms with Crippen LogP contribution in [-0.2, 0) is 11.3 Å². The van der Waals surface area contributed by atoms with Crippen LogP contribution in [0, 0.1) is 0 Å². The number of hydrogen-bond donors (Lipinski definition) is 1. The molecule has 0 aliphatic carbocycles. The van der Waals surface area contributed by atoms with Gasteiger partial charge in [-0.3, -0.25) is 4.90 Å². The van der Waals surface area contributed by atoms with E-state index in [9.17, 15) is 5.11 Å². The summed E-state index contributed by atoms with van der Waals surface area (Å²) in [7, 11) is 0. The van der Waals surface area contributed by atoms with Gasteiger partial charge in [-0.2, -0.15) is 0 Å². The van der Waals surface area contributed by atoms with Crippen molar-refractivity contribution < 1.29 is 9.84 Å². The van der Waals surface area contributed by atoms with Crippen molar-refractivity contribution in [3.05, 3.63) is 59.9 Å². The standard InChI is InChI=1S/C20H23N3O2/c1-15(24)18-13-17-6-2-3-8-23(17)20(18)19-7-4-5-16(21-19)14-22-9-11-25-12-10-22/h2-8,13,15,24H,9-12,14H2,1H3. The third kappa shape index (κ3) is 3.31. The fourth-order valence-corrected chi connectivity index (χ4v) is 3.42. The van der Waals surface area contributed by atoms with Crippen molar-refractivity contribution in [2.45, 2.75) is 19.6 Å². The van der Waals surface area contributed by atoms with Crippen LogP contribution < -0.4 is 0 Å².